The molecule has 0 saturated carbocycles. The van der Waals surface area contributed by atoms with Crippen LogP contribution in [0.2, 0.25) is 0 Å². The Hall–Kier alpha value is -1.30. The van der Waals surface area contributed by atoms with Gasteiger partial charge in [-0.05, 0) is 66.7 Å². The van der Waals surface area contributed by atoms with E-state index >= 15 is 0 Å². The van der Waals surface area contributed by atoms with Crippen molar-refractivity contribution < 1.29 is 14.3 Å². The first kappa shape index (κ1) is 20.7. The summed E-state index contributed by atoms with van der Waals surface area (Å²) in [6, 6.07) is 0.404. The van der Waals surface area contributed by atoms with Crippen molar-refractivity contribution in [3.63, 3.8) is 0 Å². The van der Waals surface area contributed by atoms with Gasteiger partial charge in [0.25, 0.3) is 0 Å². The molecular formula is C18H35N3O3. The molecule has 0 bridgehead atoms. The van der Waals surface area contributed by atoms with E-state index in [1.807, 2.05) is 39.5 Å². The van der Waals surface area contributed by atoms with Crippen LogP contribution >= 0.6 is 0 Å². The van der Waals surface area contributed by atoms with Crippen LogP contribution in [0.1, 0.15) is 60.8 Å². The van der Waals surface area contributed by atoms with E-state index in [9.17, 15) is 9.59 Å². The molecule has 6 heteroatoms. The lowest BCUT2D eigenvalue weighted by atomic mass is 9.92. The monoisotopic (exact) mass is 341 g/mol. The summed E-state index contributed by atoms with van der Waals surface area (Å²) in [5.41, 5.74) is -0.456. The van der Waals surface area contributed by atoms with Gasteiger partial charge in [0.05, 0.1) is 6.54 Å². The van der Waals surface area contributed by atoms with Gasteiger partial charge >= 0.3 is 6.09 Å². The molecule has 140 valence electrons. The van der Waals surface area contributed by atoms with Gasteiger partial charge in [-0.25, -0.2) is 4.79 Å². The molecule has 2 N–H and O–H groups in total. The Kier molecular flexibility index (Phi) is 8.00. The predicted octanol–water partition coefficient (Wildman–Crippen LogP) is 2.53. The van der Waals surface area contributed by atoms with E-state index in [0.29, 0.717) is 12.5 Å². The summed E-state index contributed by atoms with van der Waals surface area (Å²) in [6.07, 6.45) is 2.85. The summed E-state index contributed by atoms with van der Waals surface area (Å²) in [6.45, 7) is 13.5. The summed E-state index contributed by atoms with van der Waals surface area (Å²) in [5.74, 6) is 0.470. The maximum Gasteiger partial charge on any atom is 0.410 e. The second-order valence-electron chi connectivity index (χ2n) is 8.17. The molecule has 1 fully saturated rings. The Balaban J connectivity index is 2.37. The Bertz CT molecular complexity index is 418. The lowest BCUT2D eigenvalue weighted by molar-refractivity contribution is -0.120. The van der Waals surface area contributed by atoms with Crippen LogP contribution in [0.15, 0.2) is 0 Å². The number of carbonyl (C=O) groups excluding carboxylic acids is 2. The third-order valence-electron chi connectivity index (χ3n) is 3.92. The molecule has 0 aromatic heterocycles. The molecule has 6 nitrogen and oxygen atoms in total. The molecule has 1 rings (SSSR count). The molecule has 2 unspecified atom stereocenters. The molecule has 1 saturated heterocycles. The third-order valence-corrected chi connectivity index (χ3v) is 3.92. The van der Waals surface area contributed by atoms with Crippen LogP contribution in [-0.2, 0) is 9.53 Å². The van der Waals surface area contributed by atoms with E-state index in [-0.39, 0.29) is 24.1 Å². The normalized spacial score (nSPS) is 20.0. The summed E-state index contributed by atoms with van der Waals surface area (Å²) in [7, 11) is 0. The van der Waals surface area contributed by atoms with Crippen molar-refractivity contribution in [1.82, 2.24) is 15.5 Å². The number of hydrogen-bond acceptors (Lipinski definition) is 4. The van der Waals surface area contributed by atoms with Gasteiger partial charge in [0.15, 0.2) is 0 Å². The number of likely N-dealkylation sites (tertiary alicyclic amines) is 1. The van der Waals surface area contributed by atoms with Crippen LogP contribution in [0.3, 0.4) is 0 Å². The fourth-order valence-electron chi connectivity index (χ4n) is 2.97. The topological polar surface area (TPSA) is 70.7 Å². The molecule has 24 heavy (non-hydrogen) atoms. The van der Waals surface area contributed by atoms with E-state index in [2.05, 4.69) is 17.6 Å². The maximum absolute atomic E-state index is 12.2. The summed E-state index contributed by atoms with van der Waals surface area (Å²) in [4.78, 5) is 25.7. The highest BCUT2D eigenvalue weighted by Crippen LogP contribution is 2.22. The molecule has 1 aliphatic rings. The first-order valence-electron chi connectivity index (χ1n) is 9.07. The number of ether oxygens (including phenoxy) is 1. The Labute approximate surface area is 146 Å². The van der Waals surface area contributed by atoms with E-state index in [4.69, 9.17) is 4.74 Å². The van der Waals surface area contributed by atoms with Gasteiger partial charge in [-0.2, -0.15) is 0 Å². The van der Waals surface area contributed by atoms with Crippen LogP contribution in [0.5, 0.6) is 0 Å². The number of nitrogens with zero attached hydrogens (tertiary/aromatic N) is 1. The molecule has 1 aliphatic heterocycles. The second kappa shape index (κ2) is 9.25. The molecule has 0 radical (unpaired) electrons. The average molecular weight is 341 g/mol. The molecule has 2 atom stereocenters. The zero-order valence-corrected chi connectivity index (χ0v) is 16.1. The average Bonchev–Trinajstić information content (AvgIpc) is 2.43. The van der Waals surface area contributed by atoms with Crippen LogP contribution in [0.25, 0.3) is 0 Å². The van der Waals surface area contributed by atoms with Crippen LogP contribution in [-0.4, -0.2) is 54.2 Å². The highest BCUT2D eigenvalue weighted by molar-refractivity contribution is 5.78. The second-order valence-corrected chi connectivity index (χ2v) is 8.17. The highest BCUT2D eigenvalue weighted by atomic mass is 16.6. The van der Waals surface area contributed by atoms with Gasteiger partial charge in [-0.3, -0.25) is 4.79 Å². The van der Waals surface area contributed by atoms with Crippen molar-refractivity contribution in [2.75, 3.05) is 19.6 Å². The summed E-state index contributed by atoms with van der Waals surface area (Å²) < 4.78 is 5.46. The summed E-state index contributed by atoms with van der Waals surface area (Å²) in [5, 5.41) is 6.15. The van der Waals surface area contributed by atoms with Gasteiger partial charge in [0.1, 0.15) is 5.60 Å². The van der Waals surface area contributed by atoms with E-state index < -0.39 is 5.60 Å². The minimum Gasteiger partial charge on any atom is -0.444 e. The number of piperidine rings is 1. The first-order chi connectivity index (χ1) is 11.1. The fraction of sp³-hybridized carbons (Fsp3) is 0.889. The van der Waals surface area contributed by atoms with E-state index in [1.54, 1.807) is 0 Å². The highest BCUT2D eigenvalue weighted by Gasteiger charge is 2.28. The Morgan fingerprint density at radius 1 is 1.25 bits per heavy atom. The third kappa shape index (κ3) is 8.52. The smallest absolute Gasteiger partial charge is 0.410 e. The molecule has 0 aliphatic carbocycles. The number of rotatable bonds is 6. The largest absolute Gasteiger partial charge is 0.444 e. The molecule has 0 aromatic rings. The number of carbonyl (C=O) groups is 2. The van der Waals surface area contributed by atoms with Gasteiger partial charge in [-0.15, -0.1) is 0 Å². The van der Waals surface area contributed by atoms with E-state index in [0.717, 1.165) is 32.4 Å². The van der Waals surface area contributed by atoms with Crippen molar-refractivity contribution in [3.05, 3.63) is 0 Å². The minimum atomic E-state index is -0.456. The van der Waals surface area contributed by atoms with Gasteiger partial charge in [0.2, 0.25) is 5.91 Å². The number of hydrogen-bond donors (Lipinski definition) is 2. The molecule has 1 heterocycles. The fourth-order valence-corrected chi connectivity index (χ4v) is 2.97. The maximum atomic E-state index is 12.2. The van der Waals surface area contributed by atoms with Crippen LogP contribution in [0.4, 0.5) is 4.79 Å². The Morgan fingerprint density at radius 3 is 2.50 bits per heavy atom. The molecule has 0 spiro atoms. The molecule has 0 aromatic carbocycles. The van der Waals surface area contributed by atoms with Crippen LogP contribution in [0, 0.1) is 5.92 Å². The van der Waals surface area contributed by atoms with Crippen molar-refractivity contribution in [3.8, 4) is 0 Å². The van der Waals surface area contributed by atoms with Gasteiger partial charge in [0, 0.05) is 25.2 Å². The van der Waals surface area contributed by atoms with Crippen molar-refractivity contribution >= 4 is 12.0 Å². The predicted molar refractivity (Wildman–Crippen MR) is 95.9 cm³/mol. The number of nitrogens with one attached hydrogen (secondary N) is 2. The van der Waals surface area contributed by atoms with Gasteiger partial charge < -0.3 is 20.3 Å². The summed E-state index contributed by atoms with van der Waals surface area (Å²) >= 11 is 0. The van der Waals surface area contributed by atoms with Crippen molar-refractivity contribution in [1.29, 1.82) is 0 Å². The first-order valence-corrected chi connectivity index (χ1v) is 9.07. The lowest BCUT2D eigenvalue weighted by Crippen LogP contribution is -2.45. The van der Waals surface area contributed by atoms with Crippen LogP contribution < -0.4 is 10.6 Å². The standard InChI is InChI=1S/C18H35N3O3/c1-13(2)20-16(22)11-19-14(3)10-15-8-7-9-21(12-15)17(23)24-18(4,5)6/h13-15,19H,7-12H2,1-6H3,(H,20,22). The van der Waals surface area contributed by atoms with Gasteiger partial charge in [-0.1, -0.05) is 0 Å². The zero-order chi connectivity index (χ0) is 18.3. The van der Waals surface area contributed by atoms with Crippen molar-refractivity contribution in [2.45, 2.75) is 78.5 Å². The quantitative estimate of drug-likeness (QED) is 0.779. The molecule has 2 amide bonds. The van der Waals surface area contributed by atoms with E-state index in [1.165, 1.54) is 0 Å². The Morgan fingerprint density at radius 2 is 1.92 bits per heavy atom. The lowest BCUT2D eigenvalue weighted by Gasteiger charge is -2.35. The number of amides is 2. The minimum absolute atomic E-state index is 0.0240. The SMILES string of the molecule is CC(C)NC(=O)CNC(C)CC1CCCN(C(=O)OC(C)(C)C)C1. The van der Waals surface area contributed by atoms with Crippen molar-refractivity contribution in [2.24, 2.45) is 5.92 Å². The molecular weight excluding hydrogens is 306 g/mol. The zero-order valence-electron chi connectivity index (χ0n) is 16.1.